The lowest BCUT2D eigenvalue weighted by Gasteiger charge is -2.01. The van der Waals surface area contributed by atoms with Gasteiger partial charge in [0.25, 0.3) is 0 Å². The zero-order chi connectivity index (χ0) is 9.42. The van der Waals surface area contributed by atoms with Crippen LogP contribution < -0.4 is 5.46 Å². The van der Waals surface area contributed by atoms with Gasteiger partial charge in [0.05, 0.1) is 5.56 Å². The number of benzene rings is 1. The molecule has 1 fully saturated rings. The molecule has 13 heavy (non-hydrogen) atoms. The highest BCUT2D eigenvalue weighted by Crippen LogP contribution is 2.32. The van der Waals surface area contributed by atoms with E-state index in [1.165, 1.54) is 12.1 Å². The fraction of sp³-hybridized carbons (Fsp3) is 0.300. The molecule has 1 aromatic rings. The number of carbonyl (C=O) groups is 1. The number of halogens is 1. The summed E-state index contributed by atoms with van der Waals surface area (Å²) >= 11 is 0. The summed E-state index contributed by atoms with van der Waals surface area (Å²) in [6.45, 7) is 0. The minimum absolute atomic E-state index is 0.0538. The number of hydrogen-bond acceptors (Lipinski definition) is 1. The molecule has 1 saturated carbocycles. The molecular weight excluding hydrogens is 166 g/mol. The van der Waals surface area contributed by atoms with Crippen LogP contribution in [0.3, 0.4) is 0 Å². The molecule has 0 saturated heterocycles. The summed E-state index contributed by atoms with van der Waals surface area (Å²) in [6, 6.07) is 4.21. The largest absolute Gasteiger partial charge is 0.294 e. The summed E-state index contributed by atoms with van der Waals surface area (Å²) in [5.41, 5.74) is 0.529. The van der Waals surface area contributed by atoms with Gasteiger partial charge in [-0.2, -0.15) is 0 Å². The van der Waals surface area contributed by atoms with Gasteiger partial charge in [-0.05, 0) is 25.0 Å². The highest BCUT2D eigenvalue weighted by Gasteiger charge is 2.31. The standard InChI is InChI=1S/C10H8BFO/c11-7-3-4-8(9(12)5-7)10(13)6-1-2-6/h3-6H,1-2H2. The van der Waals surface area contributed by atoms with Crippen LogP contribution in [0.2, 0.25) is 0 Å². The van der Waals surface area contributed by atoms with Crippen LogP contribution in [0.15, 0.2) is 18.2 Å². The molecule has 0 aromatic heterocycles. The van der Waals surface area contributed by atoms with Gasteiger partial charge in [0.2, 0.25) is 0 Å². The van der Waals surface area contributed by atoms with Gasteiger partial charge in [-0.15, -0.1) is 0 Å². The molecule has 0 heterocycles. The second kappa shape index (κ2) is 2.98. The molecular formula is C10H8BFO. The Morgan fingerprint density at radius 2 is 2.15 bits per heavy atom. The summed E-state index contributed by atoms with van der Waals surface area (Å²) in [7, 11) is 5.37. The van der Waals surface area contributed by atoms with Crippen molar-refractivity contribution in [2.75, 3.05) is 0 Å². The fourth-order valence-corrected chi connectivity index (χ4v) is 1.30. The van der Waals surface area contributed by atoms with Gasteiger partial charge in [0, 0.05) is 5.92 Å². The first-order chi connectivity index (χ1) is 6.18. The zero-order valence-corrected chi connectivity index (χ0v) is 7.09. The molecule has 1 aromatic carbocycles. The van der Waals surface area contributed by atoms with Crippen LogP contribution in [-0.2, 0) is 0 Å². The second-order valence-electron chi connectivity index (χ2n) is 3.38. The minimum Gasteiger partial charge on any atom is -0.294 e. The van der Waals surface area contributed by atoms with Crippen LogP contribution in [0.25, 0.3) is 0 Å². The molecule has 1 aliphatic rings. The molecule has 64 valence electrons. The summed E-state index contributed by atoms with van der Waals surface area (Å²) in [5, 5.41) is 0. The number of hydrogen-bond donors (Lipinski definition) is 0. The lowest BCUT2D eigenvalue weighted by atomic mass is 9.93. The zero-order valence-electron chi connectivity index (χ0n) is 7.09. The number of carbonyl (C=O) groups excluding carboxylic acids is 1. The third kappa shape index (κ3) is 1.64. The van der Waals surface area contributed by atoms with E-state index in [1.54, 1.807) is 6.07 Å². The van der Waals surface area contributed by atoms with Crippen LogP contribution in [0.4, 0.5) is 4.39 Å². The molecule has 0 atom stereocenters. The maximum absolute atomic E-state index is 13.2. The van der Waals surface area contributed by atoms with Crippen molar-refractivity contribution in [1.29, 1.82) is 0 Å². The quantitative estimate of drug-likeness (QED) is 0.486. The van der Waals surface area contributed by atoms with Crippen molar-refractivity contribution >= 4 is 19.1 Å². The second-order valence-corrected chi connectivity index (χ2v) is 3.38. The lowest BCUT2D eigenvalue weighted by Crippen LogP contribution is -2.09. The van der Waals surface area contributed by atoms with Crippen LogP contribution in [0, 0.1) is 11.7 Å². The first kappa shape index (κ1) is 8.48. The Hall–Kier alpha value is -1.12. The van der Waals surface area contributed by atoms with Crippen LogP contribution >= 0.6 is 0 Å². The van der Waals surface area contributed by atoms with Gasteiger partial charge in [0.15, 0.2) is 5.78 Å². The summed E-state index contributed by atoms with van der Waals surface area (Å²) in [4.78, 5) is 11.5. The molecule has 2 rings (SSSR count). The summed E-state index contributed by atoms with van der Waals surface area (Å²) in [5.74, 6) is -0.535. The fourth-order valence-electron chi connectivity index (χ4n) is 1.30. The SMILES string of the molecule is [B]c1ccc(C(=O)C2CC2)c(F)c1. The lowest BCUT2D eigenvalue weighted by molar-refractivity contribution is 0.0964. The molecule has 2 radical (unpaired) electrons. The van der Waals surface area contributed by atoms with Crippen LogP contribution in [0.1, 0.15) is 23.2 Å². The Bertz CT molecular complexity index is 358. The Morgan fingerprint density at radius 1 is 1.46 bits per heavy atom. The Kier molecular flexibility index (Phi) is 1.95. The van der Waals surface area contributed by atoms with Crippen LogP contribution in [-0.4, -0.2) is 13.6 Å². The molecule has 0 amide bonds. The van der Waals surface area contributed by atoms with E-state index in [-0.39, 0.29) is 17.3 Å². The van der Waals surface area contributed by atoms with E-state index in [1.807, 2.05) is 0 Å². The van der Waals surface area contributed by atoms with Gasteiger partial charge in [-0.25, -0.2) is 4.39 Å². The van der Waals surface area contributed by atoms with E-state index in [0.29, 0.717) is 5.46 Å². The van der Waals surface area contributed by atoms with Crippen LogP contribution in [0.5, 0.6) is 0 Å². The average Bonchev–Trinajstić information content (AvgIpc) is 2.85. The minimum atomic E-state index is -0.503. The third-order valence-electron chi connectivity index (χ3n) is 2.21. The molecule has 1 nitrogen and oxygen atoms in total. The topological polar surface area (TPSA) is 17.1 Å². The van der Waals surface area contributed by atoms with E-state index in [4.69, 9.17) is 7.85 Å². The van der Waals surface area contributed by atoms with E-state index < -0.39 is 5.82 Å². The Morgan fingerprint density at radius 3 is 2.69 bits per heavy atom. The van der Waals surface area contributed by atoms with E-state index in [0.717, 1.165) is 12.8 Å². The molecule has 0 N–H and O–H groups in total. The van der Waals surface area contributed by atoms with Gasteiger partial charge in [-0.3, -0.25) is 4.79 Å². The average molecular weight is 174 g/mol. The first-order valence-electron chi connectivity index (χ1n) is 4.27. The van der Waals surface area contributed by atoms with Crippen molar-refractivity contribution < 1.29 is 9.18 Å². The van der Waals surface area contributed by atoms with Gasteiger partial charge in [-0.1, -0.05) is 11.5 Å². The summed E-state index contributed by atoms with van der Waals surface area (Å²) < 4.78 is 13.2. The normalized spacial score (nSPS) is 15.8. The maximum Gasteiger partial charge on any atom is 0.168 e. The van der Waals surface area contributed by atoms with E-state index in [2.05, 4.69) is 0 Å². The molecule has 1 aliphatic carbocycles. The monoisotopic (exact) mass is 174 g/mol. The highest BCUT2D eigenvalue weighted by molar-refractivity contribution is 6.32. The Labute approximate surface area is 77.4 Å². The van der Waals surface area contributed by atoms with Crippen molar-refractivity contribution in [3.8, 4) is 0 Å². The van der Waals surface area contributed by atoms with E-state index >= 15 is 0 Å². The Balaban J connectivity index is 2.33. The summed E-state index contributed by atoms with van der Waals surface area (Å²) in [6.07, 6.45) is 1.78. The maximum atomic E-state index is 13.2. The first-order valence-corrected chi connectivity index (χ1v) is 4.27. The smallest absolute Gasteiger partial charge is 0.168 e. The van der Waals surface area contributed by atoms with E-state index in [9.17, 15) is 9.18 Å². The van der Waals surface area contributed by atoms with Gasteiger partial charge >= 0.3 is 0 Å². The molecule has 3 heteroatoms. The van der Waals surface area contributed by atoms with Crippen molar-refractivity contribution in [2.45, 2.75) is 12.8 Å². The predicted octanol–water partition coefficient (Wildman–Crippen LogP) is 1.21. The van der Waals surface area contributed by atoms with Crippen molar-refractivity contribution in [2.24, 2.45) is 5.92 Å². The number of ketones is 1. The van der Waals surface area contributed by atoms with Gasteiger partial charge < -0.3 is 0 Å². The highest BCUT2D eigenvalue weighted by atomic mass is 19.1. The number of rotatable bonds is 2. The third-order valence-corrected chi connectivity index (χ3v) is 2.21. The molecule has 0 spiro atoms. The van der Waals surface area contributed by atoms with Crippen molar-refractivity contribution in [3.63, 3.8) is 0 Å². The van der Waals surface area contributed by atoms with Crippen molar-refractivity contribution in [1.82, 2.24) is 0 Å². The molecule has 0 unspecified atom stereocenters. The molecule has 0 aliphatic heterocycles. The van der Waals surface area contributed by atoms with Crippen molar-refractivity contribution in [3.05, 3.63) is 29.6 Å². The van der Waals surface area contributed by atoms with Gasteiger partial charge in [0.1, 0.15) is 13.7 Å². The molecule has 0 bridgehead atoms. The number of Topliss-reactive ketones (excluding diaryl/α,β-unsaturated/α-hetero) is 1. The predicted molar refractivity (Wildman–Crippen MR) is 48.8 cm³/mol.